The molecule has 1 aliphatic rings. The highest BCUT2D eigenvalue weighted by atomic mass is 16.3. The van der Waals surface area contributed by atoms with Crippen LogP contribution in [0.3, 0.4) is 0 Å². The summed E-state index contributed by atoms with van der Waals surface area (Å²) in [5.74, 6) is 0.346. The number of rotatable bonds is 4. The Morgan fingerprint density at radius 3 is 2.97 bits per heavy atom. The van der Waals surface area contributed by atoms with Gasteiger partial charge in [0.15, 0.2) is 0 Å². The maximum atomic E-state index is 13.1. The highest BCUT2D eigenvalue weighted by Crippen LogP contribution is 2.24. The summed E-state index contributed by atoms with van der Waals surface area (Å²) in [4.78, 5) is 35.0. The summed E-state index contributed by atoms with van der Waals surface area (Å²) in [5, 5.41) is 3.86. The number of nitrogens with zero attached hydrogens (tertiary/aromatic N) is 3. The van der Waals surface area contributed by atoms with Crippen LogP contribution in [0.5, 0.6) is 0 Å². The molecule has 5 rings (SSSR count). The van der Waals surface area contributed by atoms with Gasteiger partial charge in [-0.2, -0.15) is 0 Å². The summed E-state index contributed by atoms with van der Waals surface area (Å²) in [6.07, 6.45) is 4.89. The number of fused-ring (bicyclic) bond motifs is 2. The van der Waals surface area contributed by atoms with E-state index in [0.717, 1.165) is 16.6 Å². The van der Waals surface area contributed by atoms with Crippen LogP contribution in [-0.2, 0) is 17.9 Å². The number of carbonyl (C=O) groups is 2. The van der Waals surface area contributed by atoms with Gasteiger partial charge in [-0.25, -0.2) is 4.98 Å². The molecule has 3 aromatic heterocycles. The standard InChI is InChI=1S/C21H19N5O3/c27-20(23-10-16-5-3-7-29-16)19-12-25(11-15-9-22-13-26(15)19)21(28)18-8-14-4-1-2-6-17(14)24-18/h1-9,13,19,24H,10-12H2,(H,23,27)/t19-/m1/s1. The van der Waals surface area contributed by atoms with Gasteiger partial charge in [0.1, 0.15) is 17.5 Å². The number of aromatic amines is 1. The summed E-state index contributed by atoms with van der Waals surface area (Å²) in [6, 6.07) is 12.6. The highest BCUT2D eigenvalue weighted by molar-refractivity contribution is 5.98. The first-order valence-electron chi connectivity index (χ1n) is 9.37. The Kier molecular flexibility index (Phi) is 4.16. The second-order valence-electron chi connectivity index (χ2n) is 7.06. The van der Waals surface area contributed by atoms with Crippen LogP contribution in [0.4, 0.5) is 0 Å². The molecular weight excluding hydrogens is 370 g/mol. The van der Waals surface area contributed by atoms with Gasteiger partial charge in [0.2, 0.25) is 5.91 Å². The minimum Gasteiger partial charge on any atom is -0.467 e. The Balaban J connectivity index is 1.38. The van der Waals surface area contributed by atoms with Gasteiger partial charge >= 0.3 is 0 Å². The minimum atomic E-state index is -0.551. The van der Waals surface area contributed by atoms with Gasteiger partial charge in [-0.05, 0) is 24.3 Å². The topological polar surface area (TPSA) is 96.2 Å². The summed E-state index contributed by atoms with van der Waals surface area (Å²) < 4.78 is 7.10. The Hall–Kier alpha value is -3.81. The van der Waals surface area contributed by atoms with E-state index in [4.69, 9.17) is 4.42 Å². The van der Waals surface area contributed by atoms with E-state index in [0.29, 0.717) is 24.5 Å². The lowest BCUT2D eigenvalue weighted by Gasteiger charge is -2.33. The van der Waals surface area contributed by atoms with Crippen LogP contribution in [0.25, 0.3) is 10.9 Å². The molecule has 0 fully saturated rings. The summed E-state index contributed by atoms with van der Waals surface area (Å²) in [7, 11) is 0. The Morgan fingerprint density at radius 1 is 1.24 bits per heavy atom. The third kappa shape index (κ3) is 3.18. The lowest BCUT2D eigenvalue weighted by Crippen LogP contribution is -2.46. The first kappa shape index (κ1) is 17.3. The van der Waals surface area contributed by atoms with E-state index in [1.165, 1.54) is 0 Å². The van der Waals surface area contributed by atoms with Crippen LogP contribution in [0, 0.1) is 0 Å². The highest BCUT2D eigenvalue weighted by Gasteiger charge is 2.33. The third-order valence-corrected chi connectivity index (χ3v) is 5.20. The first-order valence-corrected chi connectivity index (χ1v) is 9.37. The van der Waals surface area contributed by atoms with Gasteiger partial charge in [0.25, 0.3) is 5.91 Å². The van der Waals surface area contributed by atoms with Gasteiger partial charge in [0, 0.05) is 17.1 Å². The van der Waals surface area contributed by atoms with Crippen LogP contribution in [-0.4, -0.2) is 37.8 Å². The second kappa shape index (κ2) is 6.97. The fourth-order valence-electron chi connectivity index (χ4n) is 3.72. The lowest BCUT2D eigenvalue weighted by molar-refractivity contribution is -0.125. The molecule has 146 valence electrons. The number of amides is 2. The van der Waals surface area contributed by atoms with Gasteiger partial charge < -0.3 is 24.2 Å². The molecule has 1 aliphatic heterocycles. The van der Waals surface area contributed by atoms with Gasteiger partial charge in [-0.3, -0.25) is 9.59 Å². The predicted octanol–water partition coefficient (Wildman–Crippen LogP) is 2.47. The molecule has 2 amide bonds. The van der Waals surface area contributed by atoms with E-state index in [1.807, 2.05) is 34.9 Å². The van der Waals surface area contributed by atoms with E-state index in [1.54, 1.807) is 35.8 Å². The molecule has 29 heavy (non-hydrogen) atoms. The van der Waals surface area contributed by atoms with E-state index in [9.17, 15) is 9.59 Å². The SMILES string of the molecule is O=C(NCc1ccco1)[C@H]1CN(C(=O)c2cc3ccccc3[nH]2)Cc2cncn21. The third-order valence-electron chi connectivity index (χ3n) is 5.20. The number of carbonyl (C=O) groups excluding carboxylic acids is 2. The number of furan rings is 1. The summed E-state index contributed by atoms with van der Waals surface area (Å²) in [6.45, 7) is 0.958. The Morgan fingerprint density at radius 2 is 2.14 bits per heavy atom. The minimum absolute atomic E-state index is 0.141. The van der Waals surface area contributed by atoms with Gasteiger partial charge in [-0.15, -0.1) is 0 Å². The van der Waals surface area contributed by atoms with E-state index >= 15 is 0 Å². The van der Waals surface area contributed by atoms with E-state index in [-0.39, 0.29) is 18.4 Å². The number of hydrogen-bond donors (Lipinski definition) is 2. The average molecular weight is 389 g/mol. The normalized spacial score (nSPS) is 16.0. The van der Waals surface area contributed by atoms with Crippen molar-refractivity contribution in [1.82, 2.24) is 24.8 Å². The van der Waals surface area contributed by atoms with Crippen LogP contribution < -0.4 is 5.32 Å². The zero-order chi connectivity index (χ0) is 19.8. The average Bonchev–Trinajstić information content (AvgIpc) is 3.50. The van der Waals surface area contributed by atoms with Crippen molar-refractivity contribution in [3.63, 3.8) is 0 Å². The van der Waals surface area contributed by atoms with Crippen molar-refractivity contribution in [3.8, 4) is 0 Å². The van der Waals surface area contributed by atoms with Crippen molar-refractivity contribution < 1.29 is 14.0 Å². The van der Waals surface area contributed by atoms with Gasteiger partial charge in [-0.1, -0.05) is 18.2 Å². The molecular formula is C21H19N5O3. The number of nitrogens with one attached hydrogen (secondary N) is 2. The zero-order valence-electron chi connectivity index (χ0n) is 15.5. The molecule has 8 nitrogen and oxygen atoms in total. The smallest absolute Gasteiger partial charge is 0.270 e. The van der Waals surface area contributed by atoms with Crippen LogP contribution in [0.1, 0.15) is 28.0 Å². The van der Waals surface area contributed by atoms with Crippen molar-refractivity contribution in [2.45, 2.75) is 19.1 Å². The van der Waals surface area contributed by atoms with Crippen molar-refractivity contribution in [2.75, 3.05) is 6.54 Å². The molecule has 0 bridgehead atoms. The summed E-state index contributed by atoms with van der Waals surface area (Å²) in [5.41, 5.74) is 2.23. The number of H-pyrrole nitrogens is 1. The Bertz CT molecular complexity index is 1140. The molecule has 0 spiro atoms. The monoisotopic (exact) mass is 389 g/mol. The maximum absolute atomic E-state index is 13.1. The fourth-order valence-corrected chi connectivity index (χ4v) is 3.72. The number of hydrogen-bond acceptors (Lipinski definition) is 4. The number of aromatic nitrogens is 3. The van der Waals surface area contributed by atoms with Crippen molar-refractivity contribution >= 4 is 22.7 Å². The van der Waals surface area contributed by atoms with E-state index < -0.39 is 6.04 Å². The number of imidazole rings is 1. The maximum Gasteiger partial charge on any atom is 0.270 e. The molecule has 0 radical (unpaired) electrons. The molecule has 1 atom stereocenters. The number of benzene rings is 1. The largest absolute Gasteiger partial charge is 0.467 e. The van der Waals surface area contributed by atoms with Crippen molar-refractivity contribution in [1.29, 1.82) is 0 Å². The molecule has 0 aliphatic carbocycles. The molecule has 0 unspecified atom stereocenters. The first-order chi connectivity index (χ1) is 14.2. The molecule has 2 N–H and O–H groups in total. The van der Waals surface area contributed by atoms with Crippen molar-refractivity contribution in [2.24, 2.45) is 0 Å². The molecule has 1 aromatic carbocycles. The lowest BCUT2D eigenvalue weighted by atomic mass is 10.1. The van der Waals surface area contributed by atoms with E-state index in [2.05, 4.69) is 15.3 Å². The zero-order valence-corrected chi connectivity index (χ0v) is 15.5. The van der Waals surface area contributed by atoms with Crippen LogP contribution >= 0.6 is 0 Å². The molecule has 0 saturated heterocycles. The predicted molar refractivity (Wildman–Crippen MR) is 105 cm³/mol. The van der Waals surface area contributed by atoms with Crippen LogP contribution in [0.2, 0.25) is 0 Å². The Labute approximate surface area is 166 Å². The summed E-state index contributed by atoms with van der Waals surface area (Å²) >= 11 is 0. The molecule has 8 heteroatoms. The second-order valence-corrected chi connectivity index (χ2v) is 7.06. The molecule has 4 heterocycles. The number of para-hydroxylation sites is 1. The quantitative estimate of drug-likeness (QED) is 0.560. The van der Waals surface area contributed by atoms with Crippen molar-refractivity contribution in [3.05, 3.63) is 78.4 Å². The fraction of sp³-hybridized carbons (Fsp3) is 0.190. The van der Waals surface area contributed by atoms with Crippen LogP contribution in [0.15, 0.2) is 65.7 Å². The molecule has 4 aromatic rings. The van der Waals surface area contributed by atoms with Gasteiger partial charge in [0.05, 0.1) is 37.9 Å². The molecule has 0 saturated carbocycles.